The molecule has 0 amide bonds. The minimum Gasteiger partial charge on any atom is -0.370 e. The predicted molar refractivity (Wildman–Crippen MR) is 58.0 cm³/mol. The molecule has 0 aromatic rings. The Hall–Kier alpha value is 0.137. The van der Waals surface area contributed by atoms with Crippen LogP contribution < -0.4 is 0 Å². The lowest BCUT2D eigenvalue weighted by atomic mass is 10.4. The van der Waals surface area contributed by atoms with E-state index >= 15 is 0 Å². The maximum Gasteiger partial charge on any atom is 0.140 e. The molecule has 2 N–H and O–H groups in total. The zero-order valence-corrected chi connectivity index (χ0v) is 10.1. The Morgan fingerprint density at radius 2 is 1.38 bits per heavy atom. The Labute approximate surface area is 83.6 Å². The van der Waals surface area contributed by atoms with Crippen LogP contribution in [0.15, 0.2) is 0 Å². The summed E-state index contributed by atoms with van der Waals surface area (Å²) in [7, 11) is -0.974. The Morgan fingerprint density at radius 3 is 1.62 bits per heavy atom. The molecule has 0 spiro atoms. The van der Waals surface area contributed by atoms with E-state index in [9.17, 15) is 10.2 Å². The van der Waals surface area contributed by atoms with Crippen molar-refractivity contribution in [2.45, 2.75) is 64.0 Å². The van der Waals surface area contributed by atoms with Gasteiger partial charge in [0.05, 0.1) is 0 Å². The van der Waals surface area contributed by atoms with Gasteiger partial charge in [-0.3, -0.25) is 0 Å². The van der Waals surface area contributed by atoms with Crippen molar-refractivity contribution in [2.75, 3.05) is 0 Å². The van der Waals surface area contributed by atoms with Gasteiger partial charge in [-0.2, -0.15) is 0 Å². The van der Waals surface area contributed by atoms with E-state index in [0.29, 0.717) is 0 Å². The molecule has 79 valence electrons. The number of hydrogen-bond acceptors (Lipinski definition) is 2. The zero-order chi connectivity index (χ0) is 10.3. The first-order valence-corrected chi connectivity index (χ1v) is 7.23. The fourth-order valence-electron chi connectivity index (χ4n) is 1.38. The lowest BCUT2D eigenvalue weighted by molar-refractivity contribution is -0.0761. The predicted octanol–water partition coefficient (Wildman–Crippen LogP) is 2.32. The van der Waals surface area contributed by atoms with E-state index < -0.39 is 14.2 Å². The second-order valence-corrected chi connectivity index (χ2v) is 6.99. The number of rotatable bonds is 7. The van der Waals surface area contributed by atoms with Crippen molar-refractivity contribution >= 4 is 8.80 Å². The first kappa shape index (κ1) is 13.1. The highest BCUT2D eigenvalue weighted by molar-refractivity contribution is 6.61. The number of aliphatic hydroxyl groups is 2. The van der Waals surface area contributed by atoms with Crippen molar-refractivity contribution in [3.05, 3.63) is 0 Å². The molecule has 3 heteroatoms. The van der Waals surface area contributed by atoms with Gasteiger partial charge in [0.2, 0.25) is 0 Å². The van der Waals surface area contributed by atoms with Gasteiger partial charge >= 0.3 is 0 Å². The summed E-state index contributed by atoms with van der Waals surface area (Å²) in [6.45, 7) is 5.84. The van der Waals surface area contributed by atoms with Crippen molar-refractivity contribution in [1.82, 2.24) is 0 Å². The van der Waals surface area contributed by atoms with Crippen molar-refractivity contribution < 1.29 is 10.2 Å². The van der Waals surface area contributed by atoms with E-state index in [1.807, 2.05) is 0 Å². The van der Waals surface area contributed by atoms with Crippen LogP contribution in [0.1, 0.15) is 46.5 Å². The van der Waals surface area contributed by atoms with Gasteiger partial charge < -0.3 is 10.2 Å². The Kier molecular flexibility index (Phi) is 6.64. The van der Waals surface area contributed by atoms with Gasteiger partial charge in [0, 0.05) is 0 Å². The van der Waals surface area contributed by atoms with Crippen molar-refractivity contribution in [1.29, 1.82) is 0 Å². The average Bonchev–Trinajstić information content (AvgIpc) is 2.02. The quantitative estimate of drug-likeness (QED) is 0.492. The number of unbranched alkanes of at least 4 members (excludes halogenated alkanes) is 2. The molecular formula is C10H23O2Si. The summed E-state index contributed by atoms with van der Waals surface area (Å²) in [5.74, 6) is 0. The van der Waals surface area contributed by atoms with E-state index in [0.717, 1.165) is 37.8 Å². The van der Waals surface area contributed by atoms with E-state index in [1.165, 1.54) is 0 Å². The van der Waals surface area contributed by atoms with Crippen LogP contribution in [0.3, 0.4) is 0 Å². The first-order valence-electron chi connectivity index (χ1n) is 5.32. The van der Waals surface area contributed by atoms with Crippen molar-refractivity contribution in [2.24, 2.45) is 0 Å². The van der Waals surface area contributed by atoms with Gasteiger partial charge in [0.25, 0.3) is 0 Å². The summed E-state index contributed by atoms with van der Waals surface area (Å²) in [5, 5.41) is 19.1. The van der Waals surface area contributed by atoms with Crippen LogP contribution >= 0.6 is 0 Å². The Bertz CT molecular complexity index is 113. The molecule has 0 fully saturated rings. The van der Waals surface area contributed by atoms with E-state index in [-0.39, 0.29) is 0 Å². The summed E-state index contributed by atoms with van der Waals surface area (Å²) in [4.78, 5) is 0. The minimum atomic E-state index is -1.38. The maximum atomic E-state index is 9.53. The number of hydrogen-bond donors (Lipinski definition) is 2. The van der Waals surface area contributed by atoms with Gasteiger partial charge in [-0.05, 0) is 6.92 Å². The first-order chi connectivity index (χ1) is 6.02. The summed E-state index contributed by atoms with van der Waals surface area (Å²) in [6.07, 6.45) is 4.57. The molecule has 13 heavy (non-hydrogen) atoms. The molecule has 2 nitrogen and oxygen atoms in total. The third kappa shape index (κ3) is 6.24. The Balaban J connectivity index is 3.88. The van der Waals surface area contributed by atoms with Crippen LogP contribution in [0.4, 0.5) is 0 Å². The topological polar surface area (TPSA) is 40.5 Å². The van der Waals surface area contributed by atoms with E-state index in [4.69, 9.17) is 0 Å². The molecule has 0 aliphatic carbocycles. The molecule has 0 rings (SSSR count). The normalized spacial score (nSPS) is 12.5. The SMILES string of the molecule is CCCC[Si](CCCC)C(C)(O)O. The molecule has 0 bridgehead atoms. The fraction of sp³-hybridized carbons (Fsp3) is 1.00. The average molecular weight is 203 g/mol. The molecule has 0 aliphatic rings. The second kappa shape index (κ2) is 6.57. The van der Waals surface area contributed by atoms with Gasteiger partial charge in [-0.1, -0.05) is 51.6 Å². The molecule has 0 saturated heterocycles. The van der Waals surface area contributed by atoms with Gasteiger partial charge in [-0.25, -0.2) is 0 Å². The molecule has 0 aromatic carbocycles. The lowest BCUT2D eigenvalue weighted by Gasteiger charge is -2.26. The highest BCUT2D eigenvalue weighted by Gasteiger charge is 2.29. The van der Waals surface area contributed by atoms with Crippen molar-refractivity contribution in [3.63, 3.8) is 0 Å². The van der Waals surface area contributed by atoms with Crippen LogP contribution in [-0.4, -0.2) is 24.4 Å². The molecular weight excluding hydrogens is 180 g/mol. The summed E-state index contributed by atoms with van der Waals surface area (Å²) in [6, 6.07) is 2.06. The minimum absolute atomic E-state index is 0.974. The highest BCUT2D eigenvalue weighted by atomic mass is 28.3. The van der Waals surface area contributed by atoms with Gasteiger partial charge in [0.1, 0.15) is 14.2 Å². The van der Waals surface area contributed by atoms with Crippen LogP contribution in [0.5, 0.6) is 0 Å². The standard InChI is InChI=1S/C10H23O2Si/c1-4-6-8-13(9-7-5-2)10(3,11)12/h11-12H,4-9H2,1-3H3. The van der Waals surface area contributed by atoms with Crippen LogP contribution in [0.25, 0.3) is 0 Å². The zero-order valence-electron chi connectivity index (χ0n) is 9.14. The molecule has 1 radical (unpaired) electrons. The van der Waals surface area contributed by atoms with Crippen LogP contribution in [0, 0.1) is 0 Å². The second-order valence-electron chi connectivity index (χ2n) is 3.83. The third-order valence-electron chi connectivity index (χ3n) is 2.33. The van der Waals surface area contributed by atoms with Crippen LogP contribution in [-0.2, 0) is 0 Å². The molecule has 0 heterocycles. The van der Waals surface area contributed by atoms with Gasteiger partial charge in [0.15, 0.2) is 0 Å². The molecule has 0 saturated carbocycles. The fourth-order valence-corrected chi connectivity index (χ4v) is 4.14. The van der Waals surface area contributed by atoms with Crippen molar-refractivity contribution in [3.8, 4) is 0 Å². The highest BCUT2D eigenvalue weighted by Crippen LogP contribution is 2.18. The maximum absolute atomic E-state index is 9.53. The molecule has 0 atom stereocenters. The summed E-state index contributed by atoms with van der Waals surface area (Å²) in [5.41, 5.74) is -1.38. The monoisotopic (exact) mass is 203 g/mol. The largest absolute Gasteiger partial charge is 0.370 e. The molecule has 0 aromatic heterocycles. The lowest BCUT2D eigenvalue weighted by Crippen LogP contribution is -2.42. The third-order valence-corrected chi connectivity index (χ3v) is 5.59. The van der Waals surface area contributed by atoms with E-state index in [1.54, 1.807) is 6.92 Å². The summed E-state index contributed by atoms with van der Waals surface area (Å²) >= 11 is 0. The molecule has 0 unspecified atom stereocenters. The Morgan fingerprint density at radius 1 is 1.00 bits per heavy atom. The van der Waals surface area contributed by atoms with E-state index in [2.05, 4.69) is 13.8 Å². The van der Waals surface area contributed by atoms with Crippen LogP contribution in [0.2, 0.25) is 12.1 Å². The smallest absolute Gasteiger partial charge is 0.140 e. The molecule has 0 aliphatic heterocycles. The summed E-state index contributed by atoms with van der Waals surface area (Å²) < 4.78 is 0. The van der Waals surface area contributed by atoms with Gasteiger partial charge in [-0.15, -0.1) is 0 Å².